The molecule has 3 rings (SSSR count). The zero-order chi connectivity index (χ0) is 21.9. The summed E-state index contributed by atoms with van der Waals surface area (Å²) in [5, 5.41) is 11.6. The van der Waals surface area contributed by atoms with E-state index in [0.717, 1.165) is 11.0 Å². The number of nitrogens with zero attached hydrogens (tertiary/aromatic N) is 4. The van der Waals surface area contributed by atoms with E-state index in [0.29, 0.717) is 25.0 Å². The van der Waals surface area contributed by atoms with Gasteiger partial charge in [0.15, 0.2) is 0 Å². The second-order valence-electron chi connectivity index (χ2n) is 6.30. The largest absolute Gasteiger partial charge is 0.492 e. The molecule has 3 heterocycles. The monoisotopic (exact) mass is 419 g/mol. The van der Waals surface area contributed by atoms with Crippen molar-refractivity contribution in [2.45, 2.75) is 25.9 Å². The third-order valence-electron chi connectivity index (χ3n) is 4.30. The Kier molecular flexibility index (Phi) is 5.86. The van der Waals surface area contributed by atoms with Crippen molar-refractivity contribution < 1.29 is 27.5 Å². The minimum absolute atomic E-state index is 0.00692. The van der Waals surface area contributed by atoms with Gasteiger partial charge in [-0.3, -0.25) is 15.0 Å². The van der Waals surface area contributed by atoms with E-state index in [1.165, 1.54) is 18.3 Å². The Hall–Kier alpha value is -3.68. The summed E-state index contributed by atoms with van der Waals surface area (Å²) in [5.74, 6) is -1.75. The number of hydrogen-bond acceptors (Lipinski definition) is 6. The molecule has 0 saturated heterocycles. The zero-order valence-corrected chi connectivity index (χ0v) is 15.8. The molecule has 0 radical (unpaired) electrons. The number of carbonyl (C=O) groups is 2. The molecule has 0 saturated carbocycles. The van der Waals surface area contributed by atoms with Crippen LogP contribution in [0.1, 0.15) is 35.0 Å². The van der Waals surface area contributed by atoms with Crippen LogP contribution in [0.5, 0.6) is 5.75 Å². The van der Waals surface area contributed by atoms with Crippen molar-refractivity contribution in [2.75, 3.05) is 23.4 Å². The average molecular weight is 419 g/mol. The SMILES string of the molecule is CCOc1cc(NC(=O)N2CCCc3ccc(C(=O)C(F)(F)F)nc32)ncc1C#N. The maximum atomic E-state index is 12.8. The van der Waals surface area contributed by atoms with Crippen LogP contribution in [0.2, 0.25) is 0 Å². The summed E-state index contributed by atoms with van der Waals surface area (Å²) in [5.41, 5.74) is -0.0378. The normalized spacial score (nSPS) is 13.2. The first kappa shape index (κ1) is 21.0. The summed E-state index contributed by atoms with van der Waals surface area (Å²) in [4.78, 5) is 33.2. The van der Waals surface area contributed by atoms with Crippen LogP contribution in [0.25, 0.3) is 0 Å². The summed E-state index contributed by atoms with van der Waals surface area (Å²) in [6.07, 6.45) is -2.75. The lowest BCUT2D eigenvalue weighted by Crippen LogP contribution is -2.40. The van der Waals surface area contributed by atoms with Gasteiger partial charge in [-0.05, 0) is 31.4 Å². The fourth-order valence-corrected chi connectivity index (χ4v) is 2.95. The number of ketones is 1. The molecule has 0 bridgehead atoms. The molecule has 1 aliphatic heterocycles. The minimum atomic E-state index is -5.06. The fraction of sp³-hybridized carbons (Fsp3) is 0.316. The van der Waals surface area contributed by atoms with Crippen LogP contribution < -0.4 is 15.0 Å². The Morgan fingerprint density at radius 1 is 1.37 bits per heavy atom. The van der Waals surface area contributed by atoms with Crippen LogP contribution in [0.4, 0.5) is 29.6 Å². The van der Waals surface area contributed by atoms with Gasteiger partial charge in [-0.25, -0.2) is 14.8 Å². The van der Waals surface area contributed by atoms with Gasteiger partial charge in [0.1, 0.15) is 34.7 Å². The molecular weight excluding hydrogens is 403 g/mol. The molecule has 156 valence electrons. The Labute approximate surface area is 169 Å². The van der Waals surface area contributed by atoms with E-state index in [1.807, 2.05) is 6.07 Å². The van der Waals surface area contributed by atoms with Gasteiger partial charge in [0.2, 0.25) is 0 Å². The topological polar surface area (TPSA) is 108 Å². The standard InChI is InChI=1S/C19H16F3N5O3/c1-2-30-14-8-15(24-10-12(14)9-23)26-18(29)27-7-3-4-11-5-6-13(25-17(11)27)16(28)19(20,21)22/h5-6,8,10H,2-4,7H2,1H3,(H,24,26,29). The molecular formula is C19H16F3N5O3. The highest BCUT2D eigenvalue weighted by Gasteiger charge is 2.41. The van der Waals surface area contributed by atoms with Crippen LogP contribution in [0, 0.1) is 11.3 Å². The molecule has 2 amide bonds. The van der Waals surface area contributed by atoms with Crippen molar-refractivity contribution in [3.05, 3.63) is 41.2 Å². The number of ether oxygens (including phenoxy) is 1. The quantitative estimate of drug-likeness (QED) is 0.761. The number of urea groups is 1. The van der Waals surface area contributed by atoms with Gasteiger partial charge in [0, 0.05) is 12.6 Å². The van der Waals surface area contributed by atoms with E-state index in [4.69, 9.17) is 10.00 Å². The number of amides is 2. The first-order valence-corrected chi connectivity index (χ1v) is 8.97. The Balaban J connectivity index is 1.88. The molecule has 1 N–H and O–H groups in total. The lowest BCUT2D eigenvalue weighted by molar-refractivity contribution is -0.0888. The van der Waals surface area contributed by atoms with Crippen molar-refractivity contribution in [1.29, 1.82) is 5.26 Å². The van der Waals surface area contributed by atoms with Crippen LogP contribution in [0.3, 0.4) is 0 Å². The number of Topliss-reactive ketones (excluding diaryl/α,β-unsaturated/α-hetero) is 1. The highest BCUT2D eigenvalue weighted by Crippen LogP contribution is 2.29. The Bertz CT molecular complexity index is 1030. The summed E-state index contributed by atoms with van der Waals surface area (Å²) in [6, 6.07) is 4.99. The van der Waals surface area contributed by atoms with Crippen molar-refractivity contribution in [1.82, 2.24) is 9.97 Å². The van der Waals surface area contributed by atoms with E-state index in [2.05, 4.69) is 15.3 Å². The number of aryl methyl sites for hydroxylation is 1. The van der Waals surface area contributed by atoms with E-state index >= 15 is 0 Å². The van der Waals surface area contributed by atoms with Gasteiger partial charge in [-0.15, -0.1) is 0 Å². The zero-order valence-electron chi connectivity index (χ0n) is 15.8. The highest BCUT2D eigenvalue weighted by molar-refractivity contribution is 6.03. The number of fused-ring (bicyclic) bond motifs is 1. The average Bonchev–Trinajstić information content (AvgIpc) is 2.72. The van der Waals surface area contributed by atoms with Gasteiger partial charge >= 0.3 is 12.2 Å². The van der Waals surface area contributed by atoms with Crippen molar-refractivity contribution in [3.63, 3.8) is 0 Å². The van der Waals surface area contributed by atoms with E-state index < -0.39 is 23.7 Å². The van der Waals surface area contributed by atoms with Crippen LogP contribution in [-0.4, -0.2) is 41.1 Å². The number of carbonyl (C=O) groups excluding carboxylic acids is 2. The smallest absolute Gasteiger partial charge is 0.456 e. The van der Waals surface area contributed by atoms with Crippen molar-refractivity contribution in [2.24, 2.45) is 0 Å². The summed E-state index contributed by atoms with van der Waals surface area (Å²) in [7, 11) is 0. The number of nitriles is 1. The number of pyridine rings is 2. The predicted octanol–water partition coefficient (Wildman–Crippen LogP) is 3.48. The maximum absolute atomic E-state index is 12.8. The Morgan fingerprint density at radius 3 is 2.80 bits per heavy atom. The molecule has 0 aromatic carbocycles. The number of rotatable bonds is 4. The van der Waals surface area contributed by atoms with Gasteiger partial charge < -0.3 is 4.74 Å². The lowest BCUT2D eigenvalue weighted by Gasteiger charge is -2.28. The summed E-state index contributed by atoms with van der Waals surface area (Å²) >= 11 is 0. The molecule has 0 fully saturated rings. The summed E-state index contributed by atoms with van der Waals surface area (Å²) < 4.78 is 43.6. The molecule has 1 aliphatic rings. The number of alkyl halides is 3. The third-order valence-corrected chi connectivity index (χ3v) is 4.30. The molecule has 30 heavy (non-hydrogen) atoms. The first-order valence-electron chi connectivity index (χ1n) is 8.97. The van der Waals surface area contributed by atoms with E-state index in [-0.39, 0.29) is 29.5 Å². The number of hydrogen-bond donors (Lipinski definition) is 1. The Morgan fingerprint density at radius 2 is 2.13 bits per heavy atom. The molecule has 2 aromatic heterocycles. The summed E-state index contributed by atoms with van der Waals surface area (Å²) in [6.45, 7) is 2.23. The third kappa shape index (κ3) is 4.32. The second-order valence-corrected chi connectivity index (χ2v) is 6.30. The number of nitrogens with one attached hydrogen (secondary N) is 1. The van der Waals surface area contributed by atoms with Gasteiger partial charge in [0.25, 0.3) is 5.78 Å². The van der Waals surface area contributed by atoms with E-state index in [1.54, 1.807) is 6.92 Å². The molecule has 0 spiro atoms. The lowest BCUT2D eigenvalue weighted by atomic mass is 10.0. The molecule has 0 aliphatic carbocycles. The van der Waals surface area contributed by atoms with Gasteiger partial charge in [-0.1, -0.05) is 6.07 Å². The molecule has 2 aromatic rings. The van der Waals surface area contributed by atoms with Crippen LogP contribution in [-0.2, 0) is 6.42 Å². The minimum Gasteiger partial charge on any atom is -0.492 e. The van der Waals surface area contributed by atoms with E-state index in [9.17, 15) is 22.8 Å². The van der Waals surface area contributed by atoms with Crippen molar-refractivity contribution in [3.8, 4) is 11.8 Å². The molecule has 0 unspecified atom stereocenters. The molecule has 0 atom stereocenters. The molecule has 8 nitrogen and oxygen atoms in total. The molecule has 11 heteroatoms. The first-order chi connectivity index (χ1) is 14.2. The second kappa shape index (κ2) is 8.36. The maximum Gasteiger partial charge on any atom is 0.456 e. The number of anilines is 2. The number of aromatic nitrogens is 2. The van der Waals surface area contributed by atoms with Crippen LogP contribution >= 0.6 is 0 Å². The fourth-order valence-electron chi connectivity index (χ4n) is 2.95. The predicted molar refractivity (Wildman–Crippen MR) is 99.4 cm³/mol. The van der Waals surface area contributed by atoms with Crippen molar-refractivity contribution >= 4 is 23.5 Å². The van der Waals surface area contributed by atoms with Gasteiger partial charge in [0.05, 0.1) is 12.8 Å². The highest BCUT2D eigenvalue weighted by atomic mass is 19.4. The van der Waals surface area contributed by atoms with Crippen LogP contribution in [0.15, 0.2) is 24.4 Å². The number of halogens is 3. The van der Waals surface area contributed by atoms with Gasteiger partial charge in [-0.2, -0.15) is 18.4 Å².